The highest BCUT2D eigenvalue weighted by Crippen LogP contribution is 2.29. The van der Waals surface area contributed by atoms with Crippen molar-refractivity contribution in [2.24, 2.45) is 0 Å². The van der Waals surface area contributed by atoms with E-state index in [2.05, 4.69) is 38.7 Å². The molecule has 0 aromatic carbocycles. The Morgan fingerprint density at radius 1 is 1.50 bits per heavy atom. The normalized spacial score (nSPS) is 12.7. The molecule has 0 aliphatic rings. The molecule has 0 aliphatic carbocycles. The minimum Gasteiger partial charge on any atom is -0.309 e. The highest BCUT2D eigenvalue weighted by Gasteiger charge is 2.13. The first-order valence-electron chi connectivity index (χ1n) is 6.10. The molecule has 0 amide bonds. The van der Waals surface area contributed by atoms with E-state index in [1.165, 1.54) is 21.7 Å². The third-order valence-corrected chi connectivity index (χ3v) is 4.09. The molecular formula is C14H23NS. The lowest BCUT2D eigenvalue weighted by Crippen LogP contribution is -2.21. The number of hydrogen-bond donors (Lipinski definition) is 1. The van der Waals surface area contributed by atoms with E-state index in [1.54, 1.807) is 0 Å². The highest BCUT2D eigenvalue weighted by atomic mass is 32.1. The van der Waals surface area contributed by atoms with Gasteiger partial charge in [-0.15, -0.1) is 17.9 Å². The number of rotatable bonds is 7. The molecule has 0 saturated carbocycles. The van der Waals surface area contributed by atoms with Gasteiger partial charge < -0.3 is 5.32 Å². The predicted octanol–water partition coefficient (Wildman–Crippen LogP) is 4.37. The summed E-state index contributed by atoms with van der Waals surface area (Å²) in [5.41, 5.74) is 1.42. The predicted molar refractivity (Wildman–Crippen MR) is 74.3 cm³/mol. The van der Waals surface area contributed by atoms with Crippen molar-refractivity contribution in [2.45, 2.75) is 46.1 Å². The Hall–Kier alpha value is -0.600. The van der Waals surface area contributed by atoms with Crippen molar-refractivity contribution in [2.75, 3.05) is 6.54 Å². The Bertz CT molecular complexity index is 308. The van der Waals surface area contributed by atoms with E-state index >= 15 is 0 Å². The minimum absolute atomic E-state index is 0.510. The molecule has 0 spiro atoms. The maximum atomic E-state index is 3.80. The van der Waals surface area contributed by atoms with Gasteiger partial charge in [-0.1, -0.05) is 13.0 Å². The van der Waals surface area contributed by atoms with Gasteiger partial charge in [-0.3, -0.25) is 0 Å². The Kier molecular flexibility index (Phi) is 5.78. The van der Waals surface area contributed by atoms with Gasteiger partial charge in [0.25, 0.3) is 0 Å². The van der Waals surface area contributed by atoms with Crippen LogP contribution in [0.1, 0.15) is 47.5 Å². The maximum absolute atomic E-state index is 3.80. The molecule has 1 heterocycles. The van der Waals surface area contributed by atoms with Gasteiger partial charge in [0.1, 0.15) is 0 Å². The van der Waals surface area contributed by atoms with Gasteiger partial charge in [-0.05, 0) is 51.3 Å². The molecule has 0 fully saturated rings. The zero-order valence-corrected chi connectivity index (χ0v) is 11.5. The molecule has 1 aromatic heterocycles. The van der Waals surface area contributed by atoms with E-state index in [9.17, 15) is 0 Å². The van der Waals surface area contributed by atoms with Gasteiger partial charge in [-0.2, -0.15) is 0 Å². The Balaban J connectivity index is 2.69. The summed E-state index contributed by atoms with van der Waals surface area (Å²) < 4.78 is 0. The molecular weight excluding hydrogens is 214 g/mol. The van der Waals surface area contributed by atoms with Crippen LogP contribution in [-0.4, -0.2) is 6.54 Å². The van der Waals surface area contributed by atoms with Crippen LogP contribution >= 0.6 is 11.3 Å². The van der Waals surface area contributed by atoms with E-state index in [1.807, 2.05) is 17.4 Å². The van der Waals surface area contributed by atoms with E-state index < -0.39 is 0 Å². The van der Waals surface area contributed by atoms with Crippen molar-refractivity contribution < 1.29 is 0 Å². The number of aryl methyl sites for hydroxylation is 2. The fraction of sp³-hybridized carbons (Fsp3) is 0.571. The van der Waals surface area contributed by atoms with Crippen molar-refractivity contribution >= 4 is 11.3 Å². The fourth-order valence-electron chi connectivity index (χ4n) is 1.72. The summed E-state index contributed by atoms with van der Waals surface area (Å²) in [6.07, 6.45) is 5.43. The molecule has 1 rings (SSSR count). The molecule has 2 heteroatoms. The molecule has 0 aliphatic heterocycles. The smallest absolute Gasteiger partial charge is 0.0417 e. The largest absolute Gasteiger partial charge is 0.309 e. The lowest BCUT2D eigenvalue weighted by Gasteiger charge is -2.16. The van der Waals surface area contributed by atoms with Gasteiger partial charge in [-0.25, -0.2) is 0 Å². The first kappa shape index (κ1) is 13.5. The number of thiophene rings is 1. The van der Waals surface area contributed by atoms with Crippen LogP contribution in [0.4, 0.5) is 0 Å². The molecule has 0 radical (unpaired) electrons. The molecule has 1 atom stereocenters. The van der Waals surface area contributed by atoms with Gasteiger partial charge in [0, 0.05) is 15.8 Å². The SMILES string of the molecule is C=CCCC(NCCC)c1cc(C)c(C)s1. The van der Waals surface area contributed by atoms with Crippen LogP contribution in [-0.2, 0) is 0 Å². The molecule has 90 valence electrons. The third kappa shape index (κ3) is 3.76. The monoisotopic (exact) mass is 237 g/mol. The summed E-state index contributed by atoms with van der Waals surface area (Å²) >= 11 is 1.93. The van der Waals surface area contributed by atoms with E-state index in [-0.39, 0.29) is 0 Å². The molecule has 0 saturated heterocycles. The maximum Gasteiger partial charge on any atom is 0.0417 e. The lowest BCUT2D eigenvalue weighted by molar-refractivity contribution is 0.510. The Morgan fingerprint density at radius 3 is 2.75 bits per heavy atom. The van der Waals surface area contributed by atoms with E-state index in [4.69, 9.17) is 0 Å². The zero-order valence-electron chi connectivity index (χ0n) is 10.7. The first-order valence-corrected chi connectivity index (χ1v) is 6.91. The number of hydrogen-bond acceptors (Lipinski definition) is 2. The van der Waals surface area contributed by atoms with Crippen LogP contribution in [0.5, 0.6) is 0 Å². The van der Waals surface area contributed by atoms with Gasteiger partial charge in [0.2, 0.25) is 0 Å². The Labute approximate surface area is 104 Å². The topological polar surface area (TPSA) is 12.0 Å². The van der Waals surface area contributed by atoms with Crippen LogP contribution < -0.4 is 5.32 Å². The van der Waals surface area contributed by atoms with Crippen LogP contribution in [0.3, 0.4) is 0 Å². The average Bonchev–Trinajstić information content (AvgIpc) is 2.59. The lowest BCUT2D eigenvalue weighted by atomic mass is 10.1. The first-order chi connectivity index (χ1) is 7.69. The fourth-order valence-corrected chi connectivity index (χ4v) is 2.87. The molecule has 1 aromatic rings. The third-order valence-electron chi connectivity index (χ3n) is 2.83. The standard InChI is InChI=1S/C14H23NS/c1-5-7-8-13(15-9-6-2)14-10-11(3)12(4)16-14/h5,10,13,15H,1,6-9H2,2-4H3. The molecule has 1 nitrogen and oxygen atoms in total. The van der Waals surface area contributed by atoms with Crippen molar-refractivity contribution in [3.05, 3.63) is 34.0 Å². The highest BCUT2D eigenvalue weighted by molar-refractivity contribution is 7.12. The van der Waals surface area contributed by atoms with Gasteiger partial charge in [0.15, 0.2) is 0 Å². The van der Waals surface area contributed by atoms with E-state index in [0.29, 0.717) is 6.04 Å². The number of allylic oxidation sites excluding steroid dienone is 1. The van der Waals surface area contributed by atoms with Gasteiger partial charge in [0.05, 0.1) is 0 Å². The second-order valence-corrected chi connectivity index (χ2v) is 5.55. The summed E-state index contributed by atoms with van der Waals surface area (Å²) in [6.45, 7) is 11.5. The minimum atomic E-state index is 0.510. The molecule has 1 N–H and O–H groups in total. The van der Waals surface area contributed by atoms with E-state index in [0.717, 1.165) is 19.4 Å². The van der Waals surface area contributed by atoms with Crippen LogP contribution in [0.2, 0.25) is 0 Å². The summed E-state index contributed by atoms with van der Waals surface area (Å²) in [6, 6.07) is 2.84. The van der Waals surface area contributed by atoms with Crippen molar-refractivity contribution in [1.82, 2.24) is 5.32 Å². The summed E-state index contributed by atoms with van der Waals surface area (Å²) in [5, 5.41) is 3.62. The number of nitrogens with one attached hydrogen (secondary N) is 1. The average molecular weight is 237 g/mol. The van der Waals surface area contributed by atoms with Gasteiger partial charge >= 0.3 is 0 Å². The second kappa shape index (κ2) is 6.87. The van der Waals surface area contributed by atoms with Crippen LogP contribution in [0, 0.1) is 13.8 Å². The summed E-state index contributed by atoms with van der Waals surface area (Å²) in [5.74, 6) is 0. The summed E-state index contributed by atoms with van der Waals surface area (Å²) in [7, 11) is 0. The van der Waals surface area contributed by atoms with Crippen molar-refractivity contribution in [1.29, 1.82) is 0 Å². The second-order valence-electron chi connectivity index (χ2n) is 4.26. The Morgan fingerprint density at radius 2 is 2.25 bits per heavy atom. The van der Waals surface area contributed by atoms with Crippen molar-refractivity contribution in [3.63, 3.8) is 0 Å². The summed E-state index contributed by atoms with van der Waals surface area (Å²) in [4.78, 5) is 2.92. The van der Waals surface area contributed by atoms with Crippen LogP contribution in [0.15, 0.2) is 18.7 Å². The molecule has 16 heavy (non-hydrogen) atoms. The zero-order chi connectivity index (χ0) is 12.0. The molecule has 0 bridgehead atoms. The van der Waals surface area contributed by atoms with Crippen molar-refractivity contribution in [3.8, 4) is 0 Å². The molecule has 1 unspecified atom stereocenters. The quantitative estimate of drug-likeness (QED) is 0.694. The van der Waals surface area contributed by atoms with Crippen LogP contribution in [0.25, 0.3) is 0 Å².